The molecule has 1 atom stereocenters. The number of benzene rings is 1. The molecule has 1 aromatic heterocycles. The lowest BCUT2D eigenvalue weighted by Gasteiger charge is -2.25. The molecule has 1 nitrogen and oxygen atoms in total. The first-order valence-electron chi connectivity index (χ1n) is 7.12. The maximum atomic E-state index is 6.40. The summed E-state index contributed by atoms with van der Waals surface area (Å²) in [5.74, 6) is 0. The molecule has 4 heteroatoms. The zero-order chi connectivity index (χ0) is 15.7. The van der Waals surface area contributed by atoms with Crippen molar-refractivity contribution in [2.24, 2.45) is 0 Å². The average Bonchev–Trinajstić information content (AvgIpc) is 2.74. The lowest BCUT2D eigenvalue weighted by molar-refractivity contribution is 0.625. The van der Waals surface area contributed by atoms with E-state index >= 15 is 0 Å². The van der Waals surface area contributed by atoms with Crippen molar-refractivity contribution in [3.63, 3.8) is 0 Å². The summed E-state index contributed by atoms with van der Waals surface area (Å²) in [5.41, 5.74) is 7.67. The van der Waals surface area contributed by atoms with Gasteiger partial charge >= 0.3 is 0 Å². The number of halogens is 2. The second-order valence-corrected chi connectivity index (χ2v) is 7.73. The molecule has 0 spiro atoms. The number of aryl methyl sites for hydroxylation is 2. The summed E-state index contributed by atoms with van der Waals surface area (Å²) >= 11 is 14.0. The van der Waals surface area contributed by atoms with Gasteiger partial charge in [0, 0.05) is 5.56 Å². The van der Waals surface area contributed by atoms with Crippen LogP contribution in [0.25, 0.3) is 0 Å². The van der Waals surface area contributed by atoms with Gasteiger partial charge in [-0.15, -0.1) is 11.3 Å². The van der Waals surface area contributed by atoms with E-state index in [1.807, 2.05) is 6.07 Å². The van der Waals surface area contributed by atoms with Crippen molar-refractivity contribution in [1.82, 2.24) is 5.32 Å². The second-order valence-electron chi connectivity index (χ2n) is 5.44. The lowest BCUT2D eigenvalue weighted by Crippen LogP contribution is -2.24. The van der Waals surface area contributed by atoms with Gasteiger partial charge in [-0.1, -0.05) is 36.2 Å². The van der Waals surface area contributed by atoms with Crippen molar-refractivity contribution in [1.29, 1.82) is 0 Å². The Balaban J connectivity index is 2.66. The van der Waals surface area contributed by atoms with Crippen LogP contribution in [0.5, 0.6) is 0 Å². The highest BCUT2D eigenvalue weighted by Gasteiger charge is 2.23. The first-order valence-corrected chi connectivity index (χ1v) is 8.69. The molecule has 2 aromatic rings. The molecule has 0 saturated heterocycles. The third-order valence-electron chi connectivity index (χ3n) is 4.12. The summed E-state index contributed by atoms with van der Waals surface area (Å²) in [7, 11) is 0. The van der Waals surface area contributed by atoms with Crippen LogP contribution in [0.15, 0.2) is 12.1 Å². The fourth-order valence-corrected chi connectivity index (χ4v) is 4.33. The standard InChI is InChI=1S/C17H21Cl2NS/c1-6-20-16(13-8-14(18)21-17(13)19)15-11(4)9(2)7-10(3)12(15)5/h7-8,16,20H,6H2,1-5H3. The summed E-state index contributed by atoms with van der Waals surface area (Å²) < 4.78 is 1.50. The third-order valence-corrected chi connectivity index (χ3v) is 5.63. The molecule has 1 aromatic carbocycles. The van der Waals surface area contributed by atoms with Crippen molar-refractivity contribution >= 4 is 34.5 Å². The molecule has 1 unspecified atom stereocenters. The van der Waals surface area contributed by atoms with E-state index in [0.29, 0.717) is 0 Å². The number of nitrogens with one attached hydrogen (secondary N) is 1. The van der Waals surface area contributed by atoms with Gasteiger partial charge in [-0.05, 0) is 68.1 Å². The van der Waals surface area contributed by atoms with E-state index in [1.54, 1.807) is 0 Å². The van der Waals surface area contributed by atoms with Gasteiger partial charge in [-0.2, -0.15) is 0 Å². The minimum absolute atomic E-state index is 0.0878. The molecule has 2 rings (SSSR count). The summed E-state index contributed by atoms with van der Waals surface area (Å²) in [6, 6.07) is 4.32. The van der Waals surface area contributed by atoms with Crippen LogP contribution >= 0.6 is 34.5 Å². The van der Waals surface area contributed by atoms with Gasteiger partial charge in [0.1, 0.15) is 0 Å². The molecule has 0 amide bonds. The van der Waals surface area contributed by atoms with E-state index in [1.165, 1.54) is 39.2 Å². The van der Waals surface area contributed by atoms with Gasteiger partial charge < -0.3 is 5.32 Å². The number of thiophene rings is 1. The molecular formula is C17H21Cl2NS. The van der Waals surface area contributed by atoms with Crippen LogP contribution in [-0.4, -0.2) is 6.54 Å². The Labute approximate surface area is 141 Å². The molecule has 0 bridgehead atoms. The Kier molecular flexibility index (Phi) is 5.37. The maximum absolute atomic E-state index is 6.40. The number of rotatable bonds is 4. The maximum Gasteiger partial charge on any atom is 0.0995 e. The van der Waals surface area contributed by atoms with E-state index in [2.05, 4.69) is 46.0 Å². The minimum Gasteiger partial charge on any atom is -0.306 e. The fourth-order valence-electron chi connectivity index (χ4n) is 2.80. The van der Waals surface area contributed by atoms with Crippen molar-refractivity contribution < 1.29 is 0 Å². The molecule has 0 aliphatic rings. The van der Waals surface area contributed by atoms with Gasteiger partial charge in [0.05, 0.1) is 14.7 Å². The van der Waals surface area contributed by atoms with Crippen LogP contribution < -0.4 is 5.32 Å². The Morgan fingerprint density at radius 2 is 1.62 bits per heavy atom. The molecule has 0 radical (unpaired) electrons. The lowest BCUT2D eigenvalue weighted by atomic mass is 9.87. The van der Waals surface area contributed by atoms with E-state index in [-0.39, 0.29) is 6.04 Å². The SMILES string of the molecule is CCNC(c1cc(Cl)sc1Cl)c1c(C)c(C)cc(C)c1C. The molecule has 0 fully saturated rings. The zero-order valence-corrected chi connectivity index (χ0v) is 15.4. The van der Waals surface area contributed by atoms with Gasteiger partial charge in [-0.25, -0.2) is 0 Å². The fraction of sp³-hybridized carbons (Fsp3) is 0.412. The molecule has 1 heterocycles. The highest BCUT2D eigenvalue weighted by Crippen LogP contribution is 2.40. The first kappa shape index (κ1) is 16.8. The van der Waals surface area contributed by atoms with Crippen LogP contribution in [0, 0.1) is 27.7 Å². The second kappa shape index (κ2) is 6.70. The van der Waals surface area contributed by atoms with Crippen LogP contribution in [0.1, 0.15) is 46.3 Å². The average molecular weight is 342 g/mol. The molecule has 21 heavy (non-hydrogen) atoms. The van der Waals surface area contributed by atoms with E-state index in [4.69, 9.17) is 23.2 Å². The Hall–Kier alpha value is -0.540. The smallest absolute Gasteiger partial charge is 0.0995 e. The van der Waals surface area contributed by atoms with Crippen LogP contribution in [-0.2, 0) is 0 Å². The van der Waals surface area contributed by atoms with E-state index in [0.717, 1.165) is 20.8 Å². The highest BCUT2D eigenvalue weighted by molar-refractivity contribution is 7.20. The van der Waals surface area contributed by atoms with Crippen molar-refractivity contribution in [2.45, 2.75) is 40.7 Å². The summed E-state index contributed by atoms with van der Waals surface area (Å²) in [6.07, 6.45) is 0. The van der Waals surface area contributed by atoms with Crippen LogP contribution in [0.3, 0.4) is 0 Å². The normalized spacial score (nSPS) is 12.7. The summed E-state index contributed by atoms with van der Waals surface area (Å²) in [5, 5.41) is 3.57. The largest absolute Gasteiger partial charge is 0.306 e. The molecule has 1 N–H and O–H groups in total. The van der Waals surface area contributed by atoms with Gasteiger partial charge in [0.15, 0.2) is 0 Å². The van der Waals surface area contributed by atoms with E-state index in [9.17, 15) is 0 Å². The highest BCUT2D eigenvalue weighted by atomic mass is 35.5. The van der Waals surface area contributed by atoms with Gasteiger partial charge in [0.2, 0.25) is 0 Å². The Bertz CT molecular complexity index is 635. The predicted molar refractivity (Wildman–Crippen MR) is 95.2 cm³/mol. The summed E-state index contributed by atoms with van der Waals surface area (Å²) in [6.45, 7) is 11.7. The van der Waals surface area contributed by atoms with Crippen molar-refractivity contribution in [3.05, 3.63) is 54.2 Å². The minimum atomic E-state index is 0.0878. The molecule has 114 valence electrons. The monoisotopic (exact) mass is 341 g/mol. The molecular weight excluding hydrogens is 321 g/mol. The zero-order valence-electron chi connectivity index (χ0n) is 13.1. The van der Waals surface area contributed by atoms with Crippen LogP contribution in [0.4, 0.5) is 0 Å². The van der Waals surface area contributed by atoms with E-state index < -0.39 is 0 Å². The number of hydrogen-bond acceptors (Lipinski definition) is 2. The Morgan fingerprint density at radius 1 is 1.05 bits per heavy atom. The predicted octanol–water partition coefficient (Wildman–Crippen LogP) is 5.99. The molecule has 0 aliphatic heterocycles. The quantitative estimate of drug-likeness (QED) is 0.720. The molecule has 0 saturated carbocycles. The van der Waals surface area contributed by atoms with Gasteiger partial charge in [-0.3, -0.25) is 0 Å². The summed E-state index contributed by atoms with van der Waals surface area (Å²) in [4.78, 5) is 0. The number of hydrogen-bond donors (Lipinski definition) is 1. The Morgan fingerprint density at radius 3 is 2.05 bits per heavy atom. The first-order chi connectivity index (χ1) is 9.86. The van der Waals surface area contributed by atoms with Gasteiger partial charge in [0.25, 0.3) is 0 Å². The van der Waals surface area contributed by atoms with Crippen molar-refractivity contribution in [2.75, 3.05) is 6.54 Å². The topological polar surface area (TPSA) is 12.0 Å². The molecule has 0 aliphatic carbocycles. The third kappa shape index (κ3) is 3.29. The van der Waals surface area contributed by atoms with Crippen molar-refractivity contribution in [3.8, 4) is 0 Å². The van der Waals surface area contributed by atoms with Crippen LogP contribution in [0.2, 0.25) is 8.67 Å².